The first-order chi connectivity index (χ1) is 16.2. The number of nitrogens with zero attached hydrogens (tertiary/aromatic N) is 3. The van der Waals surface area contributed by atoms with E-state index in [1.54, 1.807) is 16.8 Å². The highest BCUT2D eigenvalue weighted by molar-refractivity contribution is 5.60. The molecule has 0 atom stereocenters. The molecule has 0 aliphatic rings. The van der Waals surface area contributed by atoms with Gasteiger partial charge in [-0.05, 0) is 61.4 Å². The number of alkyl halides is 3. The number of aromatic nitrogens is 3. The van der Waals surface area contributed by atoms with Gasteiger partial charge in [0.05, 0.1) is 12.1 Å². The quantitative estimate of drug-likeness (QED) is 0.351. The van der Waals surface area contributed by atoms with Gasteiger partial charge in [0.2, 0.25) is 5.82 Å². The third kappa shape index (κ3) is 5.80. The number of ether oxygens (including phenoxy) is 1. The number of hydrogen-bond acceptors (Lipinski definition) is 5. The van der Waals surface area contributed by atoms with Gasteiger partial charge in [-0.15, -0.1) is 13.2 Å². The predicted molar refractivity (Wildman–Crippen MR) is 121 cm³/mol. The lowest BCUT2D eigenvalue weighted by Gasteiger charge is -2.08. The molecule has 0 saturated carbocycles. The maximum Gasteiger partial charge on any atom is 0.573 e. The molecule has 0 fully saturated rings. The van der Waals surface area contributed by atoms with Crippen molar-refractivity contribution in [2.24, 2.45) is 0 Å². The molecule has 34 heavy (non-hydrogen) atoms. The highest BCUT2D eigenvalue weighted by Crippen LogP contribution is 2.26. The fourth-order valence-electron chi connectivity index (χ4n) is 3.36. The molecule has 0 radical (unpaired) electrons. The highest BCUT2D eigenvalue weighted by atomic mass is 19.4. The van der Waals surface area contributed by atoms with Crippen molar-refractivity contribution in [3.05, 3.63) is 93.9 Å². The maximum absolute atomic E-state index is 12.4. The Kier molecular flexibility index (Phi) is 6.36. The smallest absolute Gasteiger partial charge is 0.406 e. The second-order valence-electron chi connectivity index (χ2n) is 7.85. The van der Waals surface area contributed by atoms with Gasteiger partial charge >= 0.3 is 6.36 Å². The lowest BCUT2D eigenvalue weighted by molar-refractivity contribution is -0.274. The standard InChI is InChI=1S/C25H20F3N3O3/c1-16(2)12-17-4-3-5-18(13-17)14-31-15-20(8-11-22(31)32)24-29-23(30-34-24)19-6-9-21(10-7-19)33-25(26,27)28/h3-13,15H,14H2,1-2H3. The summed E-state index contributed by atoms with van der Waals surface area (Å²) in [5.41, 5.74) is 3.99. The second kappa shape index (κ2) is 9.38. The van der Waals surface area contributed by atoms with Crippen molar-refractivity contribution in [1.82, 2.24) is 14.7 Å². The van der Waals surface area contributed by atoms with E-state index in [0.29, 0.717) is 17.7 Å². The molecular formula is C25H20F3N3O3. The monoisotopic (exact) mass is 467 g/mol. The number of benzene rings is 2. The van der Waals surface area contributed by atoms with E-state index in [0.717, 1.165) is 11.1 Å². The molecule has 9 heteroatoms. The normalized spacial score (nSPS) is 11.3. The zero-order valence-electron chi connectivity index (χ0n) is 18.3. The predicted octanol–water partition coefficient (Wildman–Crippen LogP) is 5.94. The van der Waals surface area contributed by atoms with Crippen LogP contribution in [-0.4, -0.2) is 21.1 Å². The molecule has 0 bridgehead atoms. The maximum atomic E-state index is 12.4. The van der Waals surface area contributed by atoms with Gasteiger partial charge in [0, 0.05) is 17.8 Å². The summed E-state index contributed by atoms with van der Waals surface area (Å²) in [5.74, 6) is 0.0269. The Hall–Kier alpha value is -4.14. The zero-order chi connectivity index (χ0) is 24.3. The molecule has 0 unspecified atom stereocenters. The molecule has 0 aliphatic carbocycles. The molecule has 2 heterocycles. The summed E-state index contributed by atoms with van der Waals surface area (Å²) in [6.07, 6.45) is -1.07. The number of hydrogen-bond donors (Lipinski definition) is 0. The number of halogens is 3. The second-order valence-corrected chi connectivity index (χ2v) is 7.85. The van der Waals surface area contributed by atoms with Gasteiger partial charge in [-0.1, -0.05) is 35.0 Å². The zero-order valence-corrected chi connectivity index (χ0v) is 18.3. The number of rotatable bonds is 6. The lowest BCUT2D eigenvalue weighted by Crippen LogP contribution is -2.19. The van der Waals surface area contributed by atoms with Gasteiger partial charge in [-0.2, -0.15) is 4.98 Å². The average Bonchev–Trinajstić information content (AvgIpc) is 3.25. The van der Waals surface area contributed by atoms with Crippen LogP contribution in [0.3, 0.4) is 0 Å². The average molecular weight is 467 g/mol. The Morgan fingerprint density at radius 1 is 1.06 bits per heavy atom. The number of pyridine rings is 1. The fourth-order valence-corrected chi connectivity index (χ4v) is 3.36. The van der Waals surface area contributed by atoms with Crippen LogP contribution in [0.2, 0.25) is 0 Å². The lowest BCUT2D eigenvalue weighted by atomic mass is 10.1. The van der Waals surface area contributed by atoms with E-state index in [4.69, 9.17) is 4.52 Å². The van der Waals surface area contributed by atoms with Gasteiger partial charge in [-0.3, -0.25) is 4.79 Å². The summed E-state index contributed by atoms with van der Waals surface area (Å²) in [4.78, 5) is 16.7. The Morgan fingerprint density at radius 3 is 2.50 bits per heavy atom. The van der Waals surface area contributed by atoms with Crippen LogP contribution >= 0.6 is 0 Å². The van der Waals surface area contributed by atoms with Crippen LogP contribution in [0.25, 0.3) is 28.9 Å². The third-order valence-corrected chi connectivity index (χ3v) is 4.76. The first-order valence-electron chi connectivity index (χ1n) is 10.3. The summed E-state index contributed by atoms with van der Waals surface area (Å²) in [6.45, 7) is 4.40. The SMILES string of the molecule is CC(C)=Cc1cccc(Cn2cc(-c3nc(-c4ccc(OC(F)(F)F)cc4)no3)ccc2=O)c1. The minimum atomic E-state index is -4.77. The van der Waals surface area contributed by atoms with Crippen molar-refractivity contribution in [2.75, 3.05) is 0 Å². The summed E-state index contributed by atoms with van der Waals surface area (Å²) in [7, 11) is 0. The third-order valence-electron chi connectivity index (χ3n) is 4.76. The Morgan fingerprint density at radius 2 is 1.79 bits per heavy atom. The van der Waals surface area contributed by atoms with Crippen molar-refractivity contribution in [2.45, 2.75) is 26.8 Å². The van der Waals surface area contributed by atoms with Gasteiger partial charge in [0.1, 0.15) is 5.75 Å². The van der Waals surface area contributed by atoms with Gasteiger partial charge in [0.15, 0.2) is 0 Å². The Labute approximate surface area is 192 Å². The van der Waals surface area contributed by atoms with Crippen LogP contribution in [0, 0.1) is 0 Å². The molecule has 174 valence electrons. The molecule has 4 aromatic rings. The minimum Gasteiger partial charge on any atom is -0.406 e. The molecule has 0 saturated heterocycles. The Bertz CT molecular complexity index is 1380. The van der Waals surface area contributed by atoms with Crippen molar-refractivity contribution in [3.8, 4) is 28.6 Å². The molecular weight excluding hydrogens is 447 g/mol. The topological polar surface area (TPSA) is 70.2 Å². The molecule has 0 spiro atoms. The van der Waals surface area contributed by atoms with E-state index in [2.05, 4.69) is 21.0 Å². The van der Waals surface area contributed by atoms with Crippen molar-refractivity contribution in [1.29, 1.82) is 0 Å². The highest BCUT2D eigenvalue weighted by Gasteiger charge is 2.31. The van der Waals surface area contributed by atoms with E-state index >= 15 is 0 Å². The van der Waals surface area contributed by atoms with E-state index in [1.165, 1.54) is 35.9 Å². The number of allylic oxidation sites excluding steroid dienone is 1. The van der Waals surface area contributed by atoms with Gasteiger partial charge < -0.3 is 13.8 Å². The first kappa shape index (κ1) is 23.0. The van der Waals surface area contributed by atoms with Crippen LogP contribution < -0.4 is 10.3 Å². The molecule has 0 aliphatic heterocycles. The van der Waals surface area contributed by atoms with Crippen molar-refractivity contribution >= 4 is 6.08 Å². The summed E-state index contributed by atoms with van der Waals surface area (Å²) >= 11 is 0. The summed E-state index contributed by atoms with van der Waals surface area (Å²) in [6, 6.07) is 16.0. The van der Waals surface area contributed by atoms with Crippen LogP contribution in [0.15, 0.2) is 81.8 Å². The molecule has 2 aromatic carbocycles. The van der Waals surface area contributed by atoms with Gasteiger partial charge in [-0.25, -0.2) is 0 Å². The van der Waals surface area contributed by atoms with E-state index in [9.17, 15) is 18.0 Å². The van der Waals surface area contributed by atoms with E-state index in [-0.39, 0.29) is 23.0 Å². The molecule has 0 amide bonds. The van der Waals surface area contributed by atoms with Crippen LogP contribution in [-0.2, 0) is 6.54 Å². The molecule has 4 rings (SSSR count). The van der Waals surface area contributed by atoms with Crippen LogP contribution in [0.5, 0.6) is 5.75 Å². The van der Waals surface area contributed by atoms with Crippen LogP contribution in [0.4, 0.5) is 13.2 Å². The minimum absolute atomic E-state index is 0.178. The van der Waals surface area contributed by atoms with E-state index < -0.39 is 6.36 Å². The van der Waals surface area contributed by atoms with Crippen molar-refractivity contribution in [3.63, 3.8) is 0 Å². The van der Waals surface area contributed by atoms with E-state index in [1.807, 2.05) is 38.1 Å². The first-order valence-corrected chi connectivity index (χ1v) is 10.3. The molecule has 6 nitrogen and oxygen atoms in total. The Balaban J connectivity index is 1.56. The fraction of sp³-hybridized carbons (Fsp3) is 0.160. The summed E-state index contributed by atoms with van der Waals surface area (Å²) in [5, 5.41) is 3.90. The summed E-state index contributed by atoms with van der Waals surface area (Å²) < 4.78 is 47.7. The molecule has 2 aromatic heterocycles. The largest absolute Gasteiger partial charge is 0.573 e. The van der Waals surface area contributed by atoms with Crippen LogP contribution in [0.1, 0.15) is 25.0 Å². The van der Waals surface area contributed by atoms with Gasteiger partial charge in [0.25, 0.3) is 11.4 Å². The molecule has 0 N–H and O–H groups in total. The van der Waals surface area contributed by atoms with Crippen molar-refractivity contribution < 1.29 is 22.4 Å².